The van der Waals surface area contributed by atoms with Gasteiger partial charge in [-0.05, 0) is 42.7 Å². The molecule has 0 spiro atoms. The molecule has 1 aromatic rings. The molecule has 0 saturated carbocycles. The number of nitrogens with one attached hydrogen (secondary N) is 1. The van der Waals surface area contributed by atoms with Crippen molar-refractivity contribution in [1.82, 2.24) is 0 Å². The van der Waals surface area contributed by atoms with Crippen molar-refractivity contribution >= 4 is 5.69 Å². The molecule has 88 valence electrons. The molecule has 0 bridgehead atoms. The minimum Gasteiger partial charge on any atom is -0.384 e. The van der Waals surface area contributed by atoms with Crippen LogP contribution < -0.4 is 5.32 Å². The molecule has 1 unspecified atom stereocenters. The summed E-state index contributed by atoms with van der Waals surface area (Å²) in [6.07, 6.45) is 1.22. The van der Waals surface area contributed by atoms with Gasteiger partial charge in [0.25, 0.3) is 0 Å². The van der Waals surface area contributed by atoms with Crippen LogP contribution >= 0.6 is 0 Å². The second-order valence-electron chi connectivity index (χ2n) is 6.26. The Kier molecular flexibility index (Phi) is 2.73. The highest BCUT2D eigenvalue weighted by Crippen LogP contribution is 2.36. The molecule has 1 aromatic carbocycles. The number of benzene rings is 1. The van der Waals surface area contributed by atoms with E-state index in [2.05, 4.69) is 52.1 Å². The van der Waals surface area contributed by atoms with E-state index in [1.54, 1.807) is 0 Å². The first kappa shape index (κ1) is 11.5. The van der Waals surface area contributed by atoms with Crippen LogP contribution in [-0.2, 0) is 6.42 Å². The highest BCUT2D eigenvalue weighted by atomic mass is 14.9. The molecule has 2 rings (SSSR count). The van der Waals surface area contributed by atoms with Crippen LogP contribution in [0.3, 0.4) is 0 Å². The third kappa shape index (κ3) is 2.09. The Balaban J connectivity index is 2.34. The summed E-state index contributed by atoms with van der Waals surface area (Å²) in [4.78, 5) is 0. The summed E-state index contributed by atoms with van der Waals surface area (Å²) >= 11 is 0. The second-order valence-corrected chi connectivity index (χ2v) is 6.26. The Morgan fingerprint density at radius 3 is 2.50 bits per heavy atom. The summed E-state index contributed by atoms with van der Waals surface area (Å²) in [6, 6.07) is 4.61. The first-order chi connectivity index (χ1) is 7.38. The van der Waals surface area contributed by atoms with Gasteiger partial charge in [-0.15, -0.1) is 0 Å². The lowest BCUT2D eigenvalue weighted by molar-refractivity contribution is 0.247. The Hall–Kier alpha value is -0.980. The summed E-state index contributed by atoms with van der Waals surface area (Å²) in [6.45, 7) is 12.5. The maximum atomic E-state index is 3.61. The maximum absolute atomic E-state index is 3.61. The normalized spacial score (nSPS) is 20.2. The van der Waals surface area contributed by atoms with E-state index in [-0.39, 0.29) is 0 Å². The number of hydrogen-bond donors (Lipinski definition) is 1. The fourth-order valence-corrected chi connectivity index (χ4v) is 2.64. The first-order valence-corrected chi connectivity index (χ1v) is 6.22. The third-order valence-electron chi connectivity index (χ3n) is 3.78. The lowest BCUT2D eigenvalue weighted by Gasteiger charge is -2.36. The molecule has 1 N–H and O–H groups in total. The predicted octanol–water partition coefficient (Wildman–Crippen LogP) is 3.93. The average molecular weight is 217 g/mol. The Labute approximate surface area is 99.3 Å². The van der Waals surface area contributed by atoms with Gasteiger partial charge in [0.15, 0.2) is 0 Å². The van der Waals surface area contributed by atoms with Gasteiger partial charge in [-0.25, -0.2) is 0 Å². The summed E-state index contributed by atoms with van der Waals surface area (Å²) in [5.74, 6) is 0.737. The lowest BCUT2D eigenvalue weighted by Crippen LogP contribution is -2.33. The molecule has 1 aliphatic rings. The fraction of sp³-hybridized carbons (Fsp3) is 0.600. The zero-order chi connectivity index (χ0) is 11.9. The number of hydrogen-bond acceptors (Lipinski definition) is 1. The molecule has 1 heteroatoms. The van der Waals surface area contributed by atoms with Crippen LogP contribution in [0.25, 0.3) is 0 Å². The molecule has 1 atom stereocenters. The van der Waals surface area contributed by atoms with Crippen LogP contribution in [0, 0.1) is 25.2 Å². The molecule has 0 radical (unpaired) electrons. The van der Waals surface area contributed by atoms with Crippen LogP contribution in [0.1, 0.15) is 37.5 Å². The molecule has 0 aromatic heterocycles. The van der Waals surface area contributed by atoms with E-state index >= 15 is 0 Å². The quantitative estimate of drug-likeness (QED) is 0.694. The Morgan fingerprint density at radius 1 is 1.19 bits per heavy atom. The topological polar surface area (TPSA) is 12.0 Å². The van der Waals surface area contributed by atoms with Gasteiger partial charge in [-0.3, -0.25) is 0 Å². The number of anilines is 1. The van der Waals surface area contributed by atoms with Gasteiger partial charge < -0.3 is 5.32 Å². The Bertz CT molecular complexity index is 399. The molecule has 1 aliphatic heterocycles. The van der Waals surface area contributed by atoms with Crippen molar-refractivity contribution in [1.29, 1.82) is 0 Å². The van der Waals surface area contributed by atoms with Crippen molar-refractivity contribution in [2.24, 2.45) is 11.3 Å². The van der Waals surface area contributed by atoms with E-state index in [0.717, 1.165) is 12.5 Å². The van der Waals surface area contributed by atoms with Crippen molar-refractivity contribution in [3.05, 3.63) is 28.8 Å². The highest BCUT2D eigenvalue weighted by Gasteiger charge is 2.29. The van der Waals surface area contributed by atoms with Gasteiger partial charge in [0.1, 0.15) is 0 Å². The van der Waals surface area contributed by atoms with Crippen LogP contribution in [0.15, 0.2) is 12.1 Å². The zero-order valence-electron chi connectivity index (χ0n) is 11.1. The molecule has 1 nitrogen and oxygen atoms in total. The summed E-state index contributed by atoms with van der Waals surface area (Å²) in [5, 5.41) is 3.61. The van der Waals surface area contributed by atoms with E-state index < -0.39 is 0 Å². The van der Waals surface area contributed by atoms with Crippen LogP contribution in [0.4, 0.5) is 5.69 Å². The molecular formula is C15H23N. The molecule has 0 aliphatic carbocycles. The van der Waals surface area contributed by atoms with Crippen molar-refractivity contribution < 1.29 is 0 Å². The van der Waals surface area contributed by atoms with Crippen LogP contribution in [0.5, 0.6) is 0 Å². The van der Waals surface area contributed by atoms with E-state index in [4.69, 9.17) is 0 Å². The van der Waals surface area contributed by atoms with Crippen molar-refractivity contribution in [3.8, 4) is 0 Å². The molecular weight excluding hydrogens is 194 g/mol. The van der Waals surface area contributed by atoms with Gasteiger partial charge in [-0.2, -0.15) is 0 Å². The monoisotopic (exact) mass is 217 g/mol. The largest absolute Gasteiger partial charge is 0.384 e. The van der Waals surface area contributed by atoms with E-state index in [9.17, 15) is 0 Å². The number of aryl methyl sites for hydroxylation is 2. The molecule has 0 saturated heterocycles. The van der Waals surface area contributed by atoms with Gasteiger partial charge in [-0.1, -0.05) is 38.5 Å². The standard InChI is InChI=1S/C15H23N/c1-10-6-11(2)14-12(7-10)8-13(9-16-14)15(3,4)5/h6-7,13,16H,8-9H2,1-5H3. The van der Waals surface area contributed by atoms with Gasteiger partial charge in [0, 0.05) is 12.2 Å². The average Bonchev–Trinajstić information content (AvgIpc) is 2.15. The third-order valence-corrected chi connectivity index (χ3v) is 3.78. The zero-order valence-corrected chi connectivity index (χ0v) is 11.1. The van der Waals surface area contributed by atoms with Crippen molar-refractivity contribution in [2.45, 2.75) is 41.0 Å². The molecule has 16 heavy (non-hydrogen) atoms. The van der Waals surface area contributed by atoms with E-state index in [1.807, 2.05) is 0 Å². The van der Waals surface area contributed by atoms with Gasteiger partial charge in [0.05, 0.1) is 0 Å². The lowest BCUT2D eigenvalue weighted by atomic mass is 9.75. The predicted molar refractivity (Wildman–Crippen MR) is 71.1 cm³/mol. The van der Waals surface area contributed by atoms with E-state index in [0.29, 0.717) is 5.41 Å². The van der Waals surface area contributed by atoms with Crippen molar-refractivity contribution in [2.75, 3.05) is 11.9 Å². The molecule has 0 amide bonds. The number of fused-ring (bicyclic) bond motifs is 1. The fourth-order valence-electron chi connectivity index (χ4n) is 2.64. The SMILES string of the molecule is Cc1cc(C)c2c(c1)CC(C(C)(C)C)CN2. The highest BCUT2D eigenvalue weighted by molar-refractivity contribution is 5.60. The van der Waals surface area contributed by atoms with Crippen LogP contribution in [-0.4, -0.2) is 6.54 Å². The second kappa shape index (κ2) is 3.80. The maximum Gasteiger partial charge on any atom is 0.0402 e. The molecule has 1 heterocycles. The smallest absolute Gasteiger partial charge is 0.0402 e. The summed E-state index contributed by atoms with van der Waals surface area (Å²) in [7, 11) is 0. The van der Waals surface area contributed by atoms with E-state index in [1.165, 1.54) is 28.8 Å². The summed E-state index contributed by atoms with van der Waals surface area (Å²) < 4.78 is 0. The first-order valence-electron chi connectivity index (χ1n) is 6.22. The van der Waals surface area contributed by atoms with Gasteiger partial charge >= 0.3 is 0 Å². The minimum atomic E-state index is 0.391. The minimum absolute atomic E-state index is 0.391. The van der Waals surface area contributed by atoms with Crippen LogP contribution in [0.2, 0.25) is 0 Å². The number of rotatable bonds is 0. The van der Waals surface area contributed by atoms with Crippen molar-refractivity contribution in [3.63, 3.8) is 0 Å². The molecule has 0 fully saturated rings. The Morgan fingerprint density at radius 2 is 1.88 bits per heavy atom. The van der Waals surface area contributed by atoms with Gasteiger partial charge in [0.2, 0.25) is 0 Å². The summed E-state index contributed by atoms with van der Waals surface area (Å²) in [5.41, 5.74) is 6.05.